The van der Waals surface area contributed by atoms with Crippen molar-refractivity contribution in [3.63, 3.8) is 0 Å². The second-order valence-corrected chi connectivity index (χ2v) is 7.07. The third kappa shape index (κ3) is 2.97. The molecule has 0 amide bonds. The van der Waals surface area contributed by atoms with Crippen LogP contribution in [-0.4, -0.2) is 36.7 Å². The lowest BCUT2D eigenvalue weighted by Crippen LogP contribution is -2.47. The van der Waals surface area contributed by atoms with Crippen LogP contribution in [0.2, 0.25) is 0 Å². The average molecular weight is 311 g/mol. The van der Waals surface area contributed by atoms with Gasteiger partial charge < -0.3 is 0 Å². The third-order valence-corrected chi connectivity index (χ3v) is 6.17. The van der Waals surface area contributed by atoms with Crippen LogP contribution in [0.5, 0.6) is 0 Å². The molecule has 94 valence electrons. The second kappa shape index (κ2) is 4.92. The van der Waals surface area contributed by atoms with Gasteiger partial charge in [-0.1, -0.05) is 28.8 Å². The summed E-state index contributed by atoms with van der Waals surface area (Å²) in [4.78, 5) is 0. The second-order valence-electron chi connectivity index (χ2n) is 4.83. The molecule has 6 heteroatoms. The van der Waals surface area contributed by atoms with Crippen molar-refractivity contribution >= 4 is 26.1 Å². The summed E-state index contributed by atoms with van der Waals surface area (Å²) in [6, 6.07) is 0. The summed E-state index contributed by atoms with van der Waals surface area (Å²) in [7, 11) is -3.26. The fraction of sp³-hybridized carbons (Fsp3) is 1.00. The number of rotatable bonds is 4. The Morgan fingerprint density at radius 3 is 2.12 bits per heavy atom. The zero-order valence-corrected chi connectivity index (χ0v) is 11.8. The highest BCUT2D eigenvalue weighted by atomic mass is 79.9. The number of halogens is 1. The minimum absolute atomic E-state index is 0.189. The first kappa shape index (κ1) is 12.8. The van der Waals surface area contributed by atoms with Gasteiger partial charge in [-0.3, -0.25) is 0 Å². The van der Waals surface area contributed by atoms with Crippen molar-refractivity contribution in [3.05, 3.63) is 0 Å². The molecule has 1 heterocycles. The van der Waals surface area contributed by atoms with Crippen molar-refractivity contribution in [2.75, 3.05) is 18.4 Å². The molecule has 16 heavy (non-hydrogen) atoms. The highest BCUT2D eigenvalue weighted by molar-refractivity contribution is 9.09. The van der Waals surface area contributed by atoms with E-state index in [4.69, 9.17) is 0 Å². The predicted octanol–water partition coefficient (Wildman–Crippen LogP) is 1.62. The minimum Gasteiger partial charge on any atom is -0.195 e. The Labute approximate surface area is 106 Å². The van der Waals surface area contributed by atoms with Crippen molar-refractivity contribution in [3.8, 4) is 0 Å². The van der Waals surface area contributed by atoms with E-state index in [1.54, 1.807) is 4.31 Å². The molecule has 1 aliphatic carbocycles. The Morgan fingerprint density at radius 2 is 1.69 bits per heavy atom. The molecule has 0 radical (unpaired) electrons. The molecule has 0 spiro atoms. The zero-order chi connectivity index (χ0) is 11.6. The molecule has 1 aliphatic heterocycles. The fourth-order valence-electron chi connectivity index (χ4n) is 2.03. The van der Waals surface area contributed by atoms with Gasteiger partial charge in [0.25, 0.3) is 10.2 Å². The van der Waals surface area contributed by atoms with E-state index in [1.807, 2.05) is 0 Å². The number of nitrogens with one attached hydrogen (secondary N) is 1. The molecular formula is C10H19BrN2O2S. The fourth-order valence-corrected chi connectivity index (χ4v) is 4.61. The maximum atomic E-state index is 12.1. The van der Waals surface area contributed by atoms with E-state index in [1.165, 1.54) is 0 Å². The van der Waals surface area contributed by atoms with Gasteiger partial charge in [0, 0.05) is 24.0 Å². The lowest BCUT2D eigenvalue weighted by molar-refractivity contribution is 0.408. The summed E-state index contributed by atoms with van der Waals surface area (Å²) >= 11 is 3.38. The molecule has 1 saturated carbocycles. The summed E-state index contributed by atoms with van der Waals surface area (Å²) in [6.45, 7) is 1.35. The van der Waals surface area contributed by atoms with E-state index in [9.17, 15) is 8.42 Å². The molecular weight excluding hydrogens is 292 g/mol. The van der Waals surface area contributed by atoms with Crippen molar-refractivity contribution in [1.29, 1.82) is 0 Å². The number of alkyl halides is 1. The monoisotopic (exact) mass is 310 g/mol. The minimum atomic E-state index is -3.26. The standard InChI is InChI=1S/C10H19BrN2O2S/c11-9-10(5-6-10)12-16(14,15)13-7-3-1-2-4-8-13/h12H,1-9H2. The molecule has 2 rings (SSSR count). The maximum Gasteiger partial charge on any atom is 0.279 e. The highest BCUT2D eigenvalue weighted by Crippen LogP contribution is 2.38. The molecule has 2 aliphatic rings. The number of nitrogens with zero attached hydrogens (tertiary/aromatic N) is 1. The van der Waals surface area contributed by atoms with Crippen molar-refractivity contribution in [2.24, 2.45) is 0 Å². The van der Waals surface area contributed by atoms with Gasteiger partial charge in [-0.2, -0.15) is 17.4 Å². The molecule has 0 aromatic carbocycles. The first-order valence-electron chi connectivity index (χ1n) is 5.93. The Hall–Kier alpha value is 0.350. The van der Waals surface area contributed by atoms with Crippen molar-refractivity contribution in [2.45, 2.75) is 44.1 Å². The smallest absolute Gasteiger partial charge is 0.195 e. The maximum absolute atomic E-state index is 12.1. The topological polar surface area (TPSA) is 49.4 Å². The van der Waals surface area contributed by atoms with Gasteiger partial charge >= 0.3 is 0 Å². The molecule has 0 unspecified atom stereocenters. The Kier molecular flexibility index (Phi) is 3.93. The summed E-state index contributed by atoms with van der Waals surface area (Å²) in [6.07, 6.45) is 6.17. The lowest BCUT2D eigenvalue weighted by atomic mass is 10.2. The summed E-state index contributed by atoms with van der Waals surface area (Å²) in [5.41, 5.74) is -0.189. The van der Waals surface area contributed by atoms with Crippen molar-refractivity contribution < 1.29 is 8.42 Å². The first-order chi connectivity index (χ1) is 7.58. The van der Waals surface area contributed by atoms with Gasteiger partial charge in [0.15, 0.2) is 0 Å². The molecule has 2 fully saturated rings. The van der Waals surface area contributed by atoms with Gasteiger partial charge in [0.1, 0.15) is 0 Å². The van der Waals surface area contributed by atoms with E-state index in [2.05, 4.69) is 20.7 Å². The quantitative estimate of drug-likeness (QED) is 0.802. The molecule has 1 saturated heterocycles. The lowest BCUT2D eigenvalue weighted by Gasteiger charge is -2.23. The molecule has 4 nitrogen and oxygen atoms in total. The summed E-state index contributed by atoms with van der Waals surface area (Å²) in [5, 5.41) is 0.715. The molecule has 0 atom stereocenters. The molecule has 0 aromatic heterocycles. The van der Waals surface area contributed by atoms with Gasteiger partial charge in [-0.25, -0.2) is 0 Å². The van der Waals surface area contributed by atoms with Crippen LogP contribution in [-0.2, 0) is 10.2 Å². The normalized spacial score (nSPS) is 26.3. The Morgan fingerprint density at radius 1 is 1.12 bits per heavy atom. The van der Waals surface area contributed by atoms with Gasteiger partial charge in [0.05, 0.1) is 0 Å². The third-order valence-electron chi connectivity index (χ3n) is 3.36. The van der Waals surface area contributed by atoms with Crippen LogP contribution in [0.15, 0.2) is 0 Å². The Bertz CT molecular complexity index is 333. The SMILES string of the molecule is O=S(=O)(NC1(CBr)CC1)N1CCCCCC1. The summed E-state index contributed by atoms with van der Waals surface area (Å²) in [5.74, 6) is 0. The van der Waals surface area contributed by atoms with Gasteiger partial charge in [0.2, 0.25) is 0 Å². The van der Waals surface area contributed by atoms with E-state index >= 15 is 0 Å². The largest absolute Gasteiger partial charge is 0.279 e. The van der Waals surface area contributed by atoms with E-state index in [0.717, 1.165) is 38.5 Å². The van der Waals surface area contributed by atoms with Crippen LogP contribution in [0.1, 0.15) is 38.5 Å². The van der Waals surface area contributed by atoms with Crippen LogP contribution in [0, 0.1) is 0 Å². The van der Waals surface area contributed by atoms with Crippen LogP contribution in [0.4, 0.5) is 0 Å². The zero-order valence-electron chi connectivity index (χ0n) is 9.41. The van der Waals surface area contributed by atoms with E-state index in [-0.39, 0.29) is 5.54 Å². The molecule has 1 N–H and O–H groups in total. The van der Waals surface area contributed by atoms with Crippen LogP contribution >= 0.6 is 15.9 Å². The van der Waals surface area contributed by atoms with E-state index in [0.29, 0.717) is 18.4 Å². The van der Waals surface area contributed by atoms with Crippen LogP contribution < -0.4 is 4.72 Å². The van der Waals surface area contributed by atoms with Crippen LogP contribution in [0.3, 0.4) is 0 Å². The highest BCUT2D eigenvalue weighted by Gasteiger charge is 2.46. The first-order valence-corrected chi connectivity index (χ1v) is 8.49. The van der Waals surface area contributed by atoms with Gasteiger partial charge in [-0.15, -0.1) is 0 Å². The van der Waals surface area contributed by atoms with Gasteiger partial charge in [-0.05, 0) is 25.7 Å². The van der Waals surface area contributed by atoms with E-state index < -0.39 is 10.2 Å². The molecule has 0 aromatic rings. The van der Waals surface area contributed by atoms with Crippen LogP contribution in [0.25, 0.3) is 0 Å². The predicted molar refractivity (Wildman–Crippen MR) is 67.9 cm³/mol. The number of hydrogen-bond donors (Lipinski definition) is 1. The molecule has 0 bridgehead atoms. The Balaban J connectivity index is 2.00. The van der Waals surface area contributed by atoms with Crippen molar-refractivity contribution in [1.82, 2.24) is 9.03 Å². The average Bonchev–Trinajstić information content (AvgIpc) is 3.00. The number of hydrogen-bond acceptors (Lipinski definition) is 2. The summed E-state index contributed by atoms with van der Waals surface area (Å²) < 4.78 is 28.7.